The Kier molecular flexibility index (Phi) is 2.74. The van der Waals surface area contributed by atoms with Crippen LogP contribution in [-0.2, 0) is 9.59 Å². The zero-order valence-corrected chi connectivity index (χ0v) is 8.77. The first kappa shape index (κ1) is 11.1. The summed E-state index contributed by atoms with van der Waals surface area (Å²) in [5, 5.41) is 9.08. The number of carbonyl (C=O) groups is 3. The predicted molar refractivity (Wildman–Crippen MR) is 59.9 cm³/mol. The smallest absolute Gasteiger partial charge is 0.311 e. The molecule has 0 amide bonds. The van der Waals surface area contributed by atoms with Crippen molar-refractivity contribution in [3.63, 3.8) is 0 Å². The molecule has 0 spiro atoms. The summed E-state index contributed by atoms with van der Waals surface area (Å²) in [4.78, 5) is 36.3. The number of carboxylic acid groups (broad SMARTS) is 1. The van der Waals surface area contributed by atoms with Crippen LogP contribution in [0.1, 0.15) is 16.8 Å². The van der Waals surface area contributed by atoms with Crippen molar-refractivity contribution in [1.82, 2.24) is 4.98 Å². The van der Waals surface area contributed by atoms with Gasteiger partial charge in [0, 0.05) is 17.1 Å². The molecule has 0 aliphatic carbocycles. The number of aliphatic carboxylic acids is 1. The molecule has 0 aliphatic heterocycles. The van der Waals surface area contributed by atoms with Gasteiger partial charge in [0.2, 0.25) is 11.6 Å². The third-order valence-electron chi connectivity index (χ3n) is 2.40. The minimum atomic E-state index is -1.30. The minimum Gasteiger partial charge on any atom is -0.481 e. The van der Waals surface area contributed by atoms with E-state index in [1.807, 2.05) is 0 Å². The number of benzene rings is 1. The molecular weight excluding hydrogens is 222 g/mol. The standard InChI is InChI=1S/C12H9NO4/c14-10(5-11(15)16)12(17)8-6-13-9-4-2-1-3-7(8)9/h1-4,6,13H,5H2,(H,15,16). The molecule has 86 valence electrons. The van der Waals surface area contributed by atoms with Gasteiger partial charge in [-0.05, 0) is 6.07 Å². The van der Waals surface area contributed by atoms with Crippen LogP contribution >= 0.6 is 0 Å². The molecule has 0 bridgehead atoms. The average molecular weight is 231 g/mol. The van der Waals surface area contributed by atoms with Crippen molar-refractivity contribution in [3.8, 4) is 0 Å². The highest BCUT2D eigenvalue weighted by Gasteiger charge is 2.21. The van der Waals surface area contributed by atoms with E-state index in [2.05, 4.69) is 4.98 Å². The van der Waals surface area contributed by atoms with E-state index < -0.39 is 24.0 Å². The van der Waals surface area contributed by atoms with Crippen LogP contribution in [0.25, 0.3) is 10.9 Å². The molecule has 0 atom stereocenters. The van der Waals surface area contributed by atoms with Crippen LogP contribution in [0.3, 0.4) is 0 Å². The number of ketones is 2. The van der Waals surface area contributed by atoms with Crippen LogP contribution in [0.2, 0.25) is 0 Å². The summed E-state index contributed by atoms with van der Waals surface area (Å²) in [7, 11) is 0. The quantitative estimate of drug-likeness (QED) is 0.473. The topological polar surface area (TPSA) is 87.2 Å². The lowest BCUT2D eigenvalue weighted by Crippen LogP contribution is -2.17. The molecule has 17 heavy (non-hydrogen) atoms. The molecule has 5 heteroatoms. The van der Waals surface area contributed by atoms with Crippen molar-refractivity contribution < 1.29 is 19.5 Å². The van der Waals surface area contributed by atoms with Gasteiger partial charge in [-0.1, -0.05) is 18.2 Å². The Hall–Kier alpha value is -2.43. The van der Waals surface area contributed by atoms with E-state index in [0.717, 1.165) is 5.52 Å². The van der Waals surface area contributed by atoms with Crippen molar-refractivity contribution in [3.05, 3.63) is 36.0 Å². The summed E-state index contributed by atoms with van der Waals surface area (Å²) in [5.41, 5.74) is 0.950. The lowest BCUT2D eigenvalue weighted by Gasteiger charge is -1.96. The highest BCUT2D eigenvalue weighted by Crippen LogP contribution is 2.18. The first-order chi connectivity index (χ1) is 8.09. The van der Waals surface area contributed by atoms with Gasteiger partial charge < -0.3 is 10.1 Å². The lowest BCUT2D eigenvalue weighted by atomic mass is 10.0. The van der Waals surface area contributed by atoms with Crippen molar-refractivity contribution in [2.45, 2.75) is 6.42 Å². The number of aromatic nitrogens is 1. The number of Topliss-reactive ketones (excluding diaryl/α,β-unsaturated/α-hetero) is 2. The molecule has 2 aromatic rings. The normalized spacial score (nSPS) is 10.4. The Balaban J connectivity index is 2.37. The fourth-order valence-electron chi connectivity index (χ4n) is 1.63. The fourth-order valence-corrected chi connectivity index (χ4v) is 1.63. The van der Waals surface area contributed by atoms with Crippen LogP contribution in [0.15, 0.2) is 30.5 Å². The second kappa shape index (κ2) is 4.21. The summed E-state index contributed by atoms with van der Waals surface area (Å²) >= 11 is 0. The Bertz CT molecular complexity index is 612. The maximum absolute atomic E-state index is 11.7. The molecule has 1 aromatic carbocycles. The first-order valence-corrected chi connectivity index (χ1v) is 4.95. The minimum absolute atomic E-state index is 0.215. The summed E-state index contributed by atoms with van der Waals surface area (Å²) < 4.78 is 0. The van der Waals surface area contributed by atoms with Gasteiger partial charge >= 0.3 is 5.97 Å². The van der Waals surface area contributed by atoms with Gasteiger partial charge in [0.05, 0.1) is 5.56 Å². The van der Waals surface area contributed by atoms with Gasteiger partial charge in [-0.25, -0.2) is 0 Å². The maximum atomic E-state index is 11.7. The zero-order chi connectivity index (χ0) is 12.4. The fraction of sp³-hybridized carbons (Fsp3) is 0.0833. The third kappa shape index (κ3) is 2.08. The number of hydrogen-bond donors (Lipinski definition) is 2. The molecule has 2 N–H and O–H groups in total. The van der Waals surface area contributed by atoms with Gasteiger partial charge in [0.1, 0.15) is 6.42 Å². The number of carboxylic acids is 1. The number of hydrogen-bond acceptors (Lipinski definition) is 3. The molecule has 0 saturated heterocycles. The SMILES string of the molecule is O=C(O)CC(=O)C(=O)c1c[nH]c2ccccc12. The maximum Gasteiger partial charge on any atom is 0.311 e. The molecule has 1 aromatic heterocycles. The number of fused-ring (bicyclic) bond motifs is 1. The molecule has 0 unspecified atom stereocenters. The molecule has 0 fully saturated rings. The first-order valence-electron chi connectivity index (χ1n) is 4.95. The lowest BCUT2D eigenvalue weighted by molar-refractivity contribution is -0.139. The van der Waals surface area contributed by atoms with Crippen molar-refractivity contribution in [2.75, 3.05) is 0 Å². The van der Waals surface area contributed by atoms with E-state index in [9.17, 15) is 14.4 Å². The summed E-state index contributed by atoms with van der Waals surface area (Å²) in [6, 6.07) is 7.02. The van der Waals surface area contributed by atoms with Gasteiger partial charge in [-0.2, -0.15) is 0 Å². The second-order valence-electron chi connectivity index (χ2n) is 3.57. The predicted octanol–water partition coefficient (Wildman–Crippen LogP) is 1.39. The molecular formula is C12H9NO4. The molecule has 0 saturated carbocycles. The van der Waals surface area contributed by atoms with Gasteiger partial charge in [-0.3, -0.25) is 14.4 Å². The summed E-state index contributed by atoms with van der Waals surface area (Å²) in [6.07, 6.45) is 0.644. The third-order valence-corrected chi connectivity index (χ3v) is 2.40. The zero-order valence-electron chi connectivity index (χ0n) is 8.77. The number of para-hydroxylation sites is 1. The average Bonchev–Trinajstić information content (AvgIpc) is 2.70. The Labute approximate surface area is 96.1 Å². The number of aromatic amines is 1. The van der Waals surface area contributed by atoms with Crippen molar-refractivity contribution in [1.29, 1.82) is 0 Å². The highest BCUT2D eigenvalue weighted by molar-refractivity contribution is 6.47. The van der Waals surface area contributed by atoms with Crippen LogP contribution in [0.5, 0.6) is 0 Å². The second-order valence-corrected chi connectivity index (χ2v) is 3.57. The summed E-state index contributed by atoms with van der Waals surface area (Å²) in [6.45, 7) is 0. The van der Waals surface area contributed by atoms with Gasteiger partial charge in [-0.15, -0.1) is 0 Å². The van der Waals surface area contributed by atoms with Crippen LogP contribution in [0.4, 0.5) is 0 Å². The van der Waals surface area contributed by atoms with E-state index in [-0.39, 0.29) is 5.56 Å². The number of H-pyrrole nitrogens is 1. The largest absolute Gasteiger partial charge is 0.481 e. The molecule has 5 nitrogen and oxygen atoms in total. The van der Waals surface area contributed by atoms with Crippen LogP contribution < -0.4 is 0 Å². The van der Waals surface area contributed by atoms with Crippen molar-refractivity contribution in [2.24, 2.45) is 0 Å². The Morgan fingerprint density at radius 1 is 1.18 bits per heavy atom. The van der Waals surface area contributed by atoms with E-state index in [0.29, 0.717) is 5.39 Å². The summed E-state index contributed by atoms with van der Waals surface area (Å²) in [5.74, 6) is -2.99. The number of carbonyl (C=O) groups excluding carboxylic acids is 2. The van der Waals surface area contributed by atoms with E-state index >= 15 is 0 Å². The molecule has 0 aliphatic rings. The van der Waals surface area contributed by atoms with Crippen molar-refractivity contribution >= 4 is 28.4 Å². The molecule has 0 radical (unpaired) electrons. The monoisotopic (exact) mass is 231 g/mol. The molecule has 2 rings (SSSR count). The van der Waals surface area contributed by atoms with Crippen LogP contribution in [-0.4, -0.2) is 27.6 Å². The van der Waals surface area contributed by atoms with E-state index in [1.165, 1.54) is 6.20 Å². The number of nitrogens with one attached hydrogen (secondary N) is 1. The van der Waals surface area contributed by atoms with Crippen LogP contribution in [0, 0.1) is 0 Å². The number of rotatable bonds is 4. The van der Waals surface area contributed by atoms with E-state index in [4.69, 9.17) is 5.11 Å². The van der Waals surface area contributed by atoms with E-state index in [1.54, 1.807) is 24.3 Å². The molecule has 1 heterocycles. The van der Waals surface area contributed by atoms with Gasteiger partial charge in [0.15, 0.2) is 0 Å². The van der Waals surface area contributed by atoms with Gasteiger partial charge in [0.25, 0.3) is 0 Å². The Morgan fingerprint density at radius 2 is 1.88 bits per heavy atom. The highest BCUT2D eigenvalue weighted by atomic mass is 16.4. The Morgan fingerprint density at radius 3 is 2.59 bits per heavy atom.